The van der Waals surface area contributed by atoms with E-state index < -0.39 is 0 Å². The number of nitrogens with zero attached hydrogens (tertiary/aromatic N) is 2. The van der Waals surface area contributed by atoms with Crippen molar-refractivity contribution >= 4 is 5.96 Å². The zero-order valence-corrected chi connectivity index (χ0v) is 16.1. The van der Waals surface area contributed by atoms with Crippen LogP contribution in [0.15, 0.2) is 41.5 Å². The minimum absolute atomic E-state index is 0.104. The van der Waals surface area contributed by atoms with Gasteiger partial charge in [0.1, 0.15) is 0 Å². The fraction of sp³-hybridized carbons (Fsp3) is 0.429. The summed E-state index contributed by atoms with van der Waals surface area (Å²) < 4.78 is 19.9. The van der Waals surface area contributed by atoms with Gasteiger partial charge in [0, 0.05) is 13.2 Å². The van der Waals surface area contributed by atoms with Crippen LogP contribution in [0, 0.1) is 18.7 Å². The number of aromatic nitrogens is 1. The summed E-state index contributed by atoms with van der Waals surface area (Å²) in [4.78, 5) is 8.61. The van der Waals surface area contributed by atoms with Gasteiger partial charge in [-0.3, -0.25) is 9.98 Å². The summed E-state index contributed by atoms with van der Waals surface area (Å²) in [5.74, 6) is 1.24. The highest BCUT2D eigenvalue weighted by atomic mass is 19.1. The standard InChI is InChI=1S/C21H27FN4O/c1-14-5-4-10-24-19(14)12-25-21(23-3)26-15(2)17-8-9-20(18(22)11-17)27-13-16-6-7-16/h4-5,8-11,15-16H,6-7,12-13H2,1-3H3,(H2,23,25,26). The van der Waals surface area contributed by atoms with E-state index in [4.69, 9.17) is 4.74 Å². The van der Waals surface area contributed by atoms with Crippen molar-refractivity contribution in [2.45, 2.75) is 39.3 Å². The average Bonchev–Trinajstić information content (AvgIpc) is 3.49. The van der Waals surface area contributed by atoms with Crippen LogP contribution in [0.3, 0.4) is 0 Å². The van der Waals surface area contributed by atoms with Gasteiger partial charge in [-0.25, -0.2) is 4.39 Å². The highest BCUT2D eigenvalue weighted by Crippen LogP contribution is 2.30. The van der Waals surface area contributed by atoms with Crippen molar-refractivity contribution in [1.82, 2.24) is 15.6 Å². The molecule has 144 valence electrons. The zero-order valence-electron chi connectivity index (χ0n) is 16.1. The molecule has 0 radical (unpaired) electrons. The van der Waals surface area contributed by atoms with Gasteiger partial charge in [0.15, 0.2) is 17.5 Å². The van der Waals surface area contributed by atoms with Gasteiger partial charge in [-0.15, -0.1) is 0 Å². The average molecular weight is 370 g/mol. The third-order valence-electron chi connectivity index (χ3n) is 4.75. The van der Waals surface area contributed by atoms with Crippen molar-refractivity contribution in [3.63, 3.8) is 0 Å². The Balaban J connectivity index is 1.56. The first-order valence-corrected chi connectivity index (χ1v) is 9.36. The third-order valence-corrected chi connectivity index (χ3v) is 4.75. The lowest BCUT2D eigenvalue weighted by Crippen LogP contribution is -2.38. The van der Waals surface area contributed by atoms with Crippen molar-refractivity contribution < 1.29 is 9.13 Å². The molecule has 6 heteroatoms. The van der Waals surface area contributed by atoms with E-state index in [-0.39, 0.29) is 11.9 Å². The number of rotatable bonds is 7. The van der Waals surface area contributed by atoms with E-state index >= 15 is 0 Å². The molecule has 0 spiro atoms. The van der Waals surface area contributed by atoms with Crippen molar-refractivity contribution in [2.75, 3.05) is 13.7 Å². The number of halogens is 1. The molecule has 1 atom stereocenters. The van der Waals surface area contributed by atoms with E-state index in [0.29, 0.717) is 30.8 Å². The molecule has 0 bridgehead atoms. The number of ether oxygens (including phenoxy) is 1. The molecule has 2 aromatic rings. The minimum Gasteiger partial charge on any atom is -0.490 e. The van der Waals surface area contributed by atoms with E-state index in [0.717, 1.165) is 16.8 Å². The van der Waals surface area contributed by atoms with Gasteiger partial charge in [-0.2, -0.15) is 0 Å². The van der Waals surface area contributed by atoms with Gasteiger partial charge >= 0.3 is 0 Å². The molecule has 1 unspecified atom stereocenters. The van der Waals surface area contributed by atoms with Crippen LogP contribution < -0.4 is 15.4 Å². The fourth-order valence-corrected chi connectivity index (χ4v) is 2.75. The van der Waals surface area contributed by atoms with Crippen LogP contribution in [-0.2, 0) is 6.54 Å². The van der Waals surface area contributed by atoms with E-state index in [9.17, 15) is 4.39 Å². The molecule has 1 aromatic heterocycles. The van der Waals surface area contributed by atoms with E-state index in [1.165, 1.54) is 18.9 Å². The number of hydrogen-bond donors (Lipinski definition) is 2. The van der Waals surface area contributed by atoms with Gasteiger partial charge in [0.25, 0.3) is 0 Å². The number of aryl methyl sites for hydroxylation is 1. The van der Waals surface area contributed by atoms with E-state index in [1.807, 2.05) is 32.0 Å². The normalized spacial score (nSPS) is 15.3. The molecule has 0 saturated heterocycles. The maximum Gasteiger partial charge on any atom is 0.191 e. The lowest BCUT2D eigenvalue weighted by atomic mass is 10.1. The van der Waals surface area contributed by atoms with Crippen LogP contribution in [0.1, 0.15) is 42.6 Å². The Morgan fingerprint density at radius 1 is 1.37 bits per heavy atom. The van der Waals surface area contributed by atoms with Crippen molar-refractivity contribution in [1.29, 1.82) is 0 Å². The Bertz CT molecular complexity index is 805. The number of nitrogens with one attached hydrogen (secondary N) is 2. The number of guanidine groups is 1. The number of pyridine rings is 1. The minimum atomic E-state index is -0.325. The quantitative estimate of drug-likeness (QED) is 0.576. The molecule has 1 fully saturated rings. The Hall–Kier alpha value is -2.63. The van der Waals surface area contributed by atoms with Gasteiger partial charge < -0.3 is 15.4 Å². The van der Waals surface area contributed by atoms with Gasteiger partial charge in [0.2, 0.25) is 0 Å². The summed E-state index contributed by atoms with van der Waals surface area (Å²) in [5, 5.41) is 6.53. The summed E-state index contributed by atoms with van der Waals surface area (Å²) >= 11 is 0. The second kappa shape index (κ2) is 8.84. The van der Waals surface area contributed by atoms with Gasteiger partial charge in [-0.05, 0) is 61.9 Å². The molecule has 1 aliphatic rings. The highest BCUT2D eigenvalue weighted by molar-refractivity contribution is 5.80. The lowest BCUT2D eigenvalue weighted by Gasteiger charge is -2.19. The predicted octanol–water partition coefficient (Wildman–Crippen LogP) is 3.74. The summed E-state index contributed by atoms with van der Waals surface area (Å²) in [5.41, 5.74) is 2.93. The molecule has 5 nitrogen and oxygen atoms in total. The summed E-state index contributed by atoms with van der Waals surface area (Å²) in [6.07, 6.45) is 4.15. The van der Waals surface area contributed by atoms with E-state index in [2.05, 4.69) is 20.6 Å². The SMILES string of the molecule is CN=C(NCc1ncccc1C)NC(C)c1ccc(OCC2CC2)c(F)c1. The van der Waals surface area contributed by atoms with Crippen LogP contribution >= 0.6 is 0 Å². The maximum atomic E-state index is 14.3. The van der Waals surface area contributed by atoms with Gasteiger partial charge in [-0.1, -0.05) is 12.1 Å². The Morgan fingerprint density at radius 2 is 2.19 bits per heavy atom. The molecule has 1 aromatic carbocycles. The monoisotopic (exact) mass is 370 g/mol. The zero-order chi connectivity index (χ0) is 19.2. The molecular weight excluding hydrogens is 343 g/mol. The van der Waals surface area contributed by atoms with Crippen LogP contribution in [0.5, 0.6) is 5.75 Å². The first-order chi connectivity index (χ1) is 13.1. The largest absolute Gasteiger partial charge is 0.490 e. The first kappa shape index (κ1) is 19.1. The molecule has 1 heterocycles. The van der Waals surface area contributed by atoms with Gasteiger partial charge in [0.05, 0.1) is 24.9 Å². The fourth-order valence-electron chi connectivity index (χ4n) is 2.75. The molecule has 0 aliphatic heterocycles. The Labute approximate surface area is 160 Å². The highest BCUT2D eigenvalue weighted by Gasteiger charge is 2.22. The molecule has 2 N–H and O–H groups in total. The number of hydrogen-bond acceptors (Lipinski definition) is 3. The van der Waals surface area contributed by atoms with Crippen molar-refractivity contribution in [3.8, 4) is 5.75 Å². The second-order valence-corrected chi connectivity index (χ2v) is 7.00. The molecule has 1 saturated carbocycles. The topological polar surface area (TPSA) is 58.5 Å². The Kier molecular flexibility index (Phi) is 6.27. The molecular formula is C21H27FN4O. The number of benzene rings is 1. The third kappa shape index (κ3) is 5.42. The number of aliphatic imine (C=N–C) groups is 1. The summed E-state index contributed by atoms with van der Waals surface area (Å²) in [6, 6.07) is 8.96. The summed E-state index contributed by atoms with van der Waals surface area (Å²) in [7, 11) is 1.71. The smallest absolute Gasteiger partial charge is 0.191 e. The van der Waals surface area contributed by atoms with Crippen LogP contribution in [0.4, 0.5) is 4.39 Å². The van der Waals surface area contributed by atoms with Crippen molar-refractivity contribution in [3.05, 3.63) is 59.2 Å². The van der Waals surface area contributed by atoms with Crippen LogP contribution in [-0.4, -0.2) is 24.6 Å². The summed E-state index contributed by atoms with van der Waals surface area (Å²) in [6.45, 7) is 5.17. The molecule has 27 heavy (non-hydrogen) atoms. The molecule has 3 rings (SSSR count). The van der Waals surface area contributed by atoms with Crippen molar-refractivity contribution in [2.24, 2.45) is 10.9 Å². The molecule has 0 amide bonds. The maximum absolute atomic E-state index is 14.3. The van der Waals surface area contributed by atoms with Crippen LogP contribution in [0.25, 0.3) is 0 Å². The second-order valence-electron chi connectivity index (χ2n) is 7.00. The lowest BCUT2D eigenvalue weighted by molar-refractivity contribution is 0.285. The first-order valence-electron chi connectivity index (χ1n) is 9.36. The molecule has 1 aliphatic carbocycles. The predicted molar refractivity (Wildman–Crippen MR) is 105 cm³/mol. The van der Waals surface area contributed by atoms with E-state index in [1.54, 1.807) is 19.3 Å². The Morgan fingerprint density at radius 3 is 2.85 bits per heavy atom. The van der Waals surface area contributed by atoms with Crippen LogP contribution in [0.2, 0.25) is 0 Å².